The van der Waals surface area contributed by atoms with Gasteiger partial charge in [-0.3, -0.25) is 10.1 Å². The Morgan fingerprint density at radius 2 is 2.05 bits per heavy atom. The normalized spacial score (nSPS) is 9.85. The third-order valence-corrected chi connectivity index (χ3v) is 2.60. The summed E-state index contributed by atoms with van der Waals surface area (Å²) >= 11 is 0. The minimum Gasteiger partial charge on any atom is -0.457 e. The van der Waals surface area contributed by atoms with Crippen molar-refractivity contribution in [1.29, 1.82) is 5.26 Å². The average Bonchev–Trinajstić information content (AvgIpc) is 2.40. The fraction of sp³-hybridized carbons (Fsp3) is 0.0714. The summed E-state index contributed by atoms with van der Waals surface area (Å²) in [7, 11) is 0. The number of halogens is 1. The van der Waals surface area contributed by atoms with E-state index in [0.29, 0.717) is 11.3 Å². The van der Waals surface area contributed by atoms with Gasteiger partial charge in [-0.05, 0) is 30.7 Å². The molecule has 0 saturated heterocycles. The van der Waals surface area contributed by atoms with Crippen LogP contribution in [0.1, 0.15) is 11.1 Å². The van der Waals surface area contributed by atoms with E-state index in [1.807, 2.05) is 6.07 Å². The quantitative estimate of drug-likeness (QED) is 0.630. The van der Waals surface area contributed by atoms with Crippen LogP contribution in [-0.2, 0) is 0 Å². The molecule has 0 bridgehead atoms. The molecule has 0 N–H and O–H groups in total. The minimum absolute atomic E-state index is 0.0493. The molecule has 0 aliphatic heterocycles. The zero-order valence-electron chi connectivity index (χ0n) is 10.5. The third kappa shape index (κ3) is 2.90. The number of nitriles is 1. The molecule has 0 amide bonds. The van der Waals surface area contributed by atoms with Gasteiger partial charge in [0.05, 0.1) is 16.6 Å². The van der Waals surface area contributed by atoms with Crippen LogP contribution in [0.3, 0.4) is 0 Å². The van der Waals surface area contributed by atoms with Crippen LogP contribution >= 0.6 is 0 Å². The van der Waals surface area contributed by atoms with Gasteiger partial charge in [0.2, 0.25) is 0 Å². The first-order chi connectivity index (χ1) is 9.49. The molecule has 0 aliphatic carbocycles. The lowest BCUT2D eigenvalue weighted by Crippen LogP contribution is -1.92. The van der Waals surface area contributed by atoms with Crippen molar-refractivity contribution in [3.8, 4) is 17.6 Å². The maximum atomic E-state index is 13.3. The maximum absolute atomic E-state index is 13.3. The van der Waals surface area contributed by atoms with Crippen LogP contribution in [0.5, 0.6) is 11.5 Å². The molecule has 100 valence electrons. The number of benzene rings is 2. The first-order valence-electron chi connectivity index (χ1n) is 5.63. The number of hydrogen-bond donors (Lipinski definition) is 0. The molecule has 0 aromatic heterocycles. The molecule has 0 unspecified atom stereocenters. The molecule has 5 nitrogen and oxygen atoms in total. The van der Waals surface area contributed by atoms with Crippen molar-refractivity contribution >= 4 is 5.69 Å². The van der Waals surface area contributed by atoms with Crippen molar-refractivity contribution in [3.63, 3.8) is 0 Å². The van der Waals surface area contributed by atoms with Crippen molar-refractivity contribution in [2.45, 2.75) is 6.92 Å². The summed E-state index contributed by atoms with van der Waals surface area (Å²) in [6.07, 6.45) is 0. The maximum Gasteiger partial charge on any atom is 0.269 e. The second kappa shape index (κ2) is 5.36. The Balaban J connectivity index is 2.33. The average molecular weight is 272 g/mol. The van der Waals surface area contributed by atoms with Crippen molar-refractivity contribution in [2.24, 2.45) is 0 Å². The molecular formula is C14H9FN2O3. The standard InChI is InChI=1S/C14H9FN2O3/c1-9-4-12(17(18)19)2-3-14(9)20-13-6-10(8-16)5-11(15)7-13/h2-7H,1H3. The second-order valence-corrected chi connectivity index (χ2v) is 4.10. The summed E-state index contributed by atoms with van der Waals surface area (Å²) in [5.41, 5.74) is 0.633. The van der Waals surface area contributed by atoms with E-state index >= 15 is 0 Å². The molecule has 0 fully saturated rings. The Kier molecular flexibility index (Phi) is 3.62. The molecule has 2 aromatic rings. The Morgan fingerprint density at radius 3 is 2.65 bits per heavy atom. The first kappa shape index (κ1) is 13.5. The highest BCUT2D eigenvalue weighted by molar-refractivity contribution is 5.46. The molecule has 0 radical (unpaired) electrons. The summed E-state index contributed by atoms with van der Waals surface area (Å²) in [6, 6.07) is 9.54. The van der Waals surface area contributed by atoms with E-state index in [9.17, 15) is 14.5 Å². The first-order valence-corrected chi connectivity index (χ1v) is 5.63. The van der Waals surface area contributed by atoms with Crippen molar-refractivity contribution in [1.82, 2.24) is 0 Å². The number of hydrogen-bond acceptors (Lipinski definition) is 4. The van der Waals surface area contributed by atoms with E-state index in [1.165, 1.54) is 24.3 Å². The van der Waals surface area contributed by atoms with Crippen molar-refractivity contribution < 1.29 is 14.1 Å². The molecule has 20 heavy (non-hydrogen) atoms. The lowest BCUT2D eigenvalue weighted by Gasteiger charge is -2.08. The highest BCUT2D eigenvalue weighted by Crippen LogP contribution is 2.29. The van der Waals surface area contributed by atoms with Gasteiger partial charge >= 0.3 is 0 Å². The van der Waals surface area contributed by atoms with Crippen LogP contribution in [-0.4, -0.2) is 4.92 Å². The lowest BCUT2D eigenvalue weighted by molar-refractivity contribution is -0.384. The topological polar surface area (TPSA) is 76.2 Å². The van der Waals surface area contributed by atoms with Gasteiger partial charge in [-0.15, -0.1) is 0 Å². The van der Waals surface area contributed by atoms with Gasteiger partial charge in [0.25, 0.3) is 5.69 Å². The van der Waals surface area contributed by atoms with Gasteiger partial charge in [0.15, 0.2) is 0 Å². The van der Waals surface area contributed by atoms with E-state index < -0.39 is 10.7 Å². The zero-order chi connectivity index (χ0) is 14.7. The largest absolute Gasteiger partial charge is 0.457 e. The van der Waals surface area contributed by atoms with E-state index in [0.717, 1.165) is 12.1 Å². The van der Waals surface area contributed by atoms with Crippen LogP contribution in [0.2, 0.25) is 0 Å². The highest BCUT2D eigenvalue weighted by atomic mass is 19.1. The molecule has 2 aromatic carbocycles. The lowest BCUT2D eigenvalue weighted by atomic mass is 10.2. The van der Waals surface area contributed by atoms with Gasteiger partial charge in [0, 0.05) is 18.2 Å². The fourth-order valence-electron chi connectivity index (χ4n) is 1.67. The van der Waals surface area contributed by atoms with Crippen LogP contribution in [0.15, 0.2) is 36.4 Å². The van der Waals surface area contributed by atoms with E-state index in [4.69, 9.17) is 10.00 Å². The molecular weight excluding hydrogens is 263 g/mol. The number of aryl methyl sites for hydroxylation is 1. The Labute approximate surface area is 114 Å². The molecule has 0 heterocycles. The van der Waals surface area contributed by atoms with Crippen LogP contribution < -0.4 is 4.74 Å². The summed E-state index contributed by atoms with van der Waals surface area (Å²) in [4.78, 5) is 10.1. The smallest absolute Gasteiger partial charge is 0.269 e. The Bertz CT molecular complexity index is 723. The number of nitro groups is 1. The van der Waals surface area contributed by atoms with Crippen LogP contribution in [0.4, 0.5) is 10.1 Å². The van der Waals surface area contributed by atoms with Crippen molar-refractivity contribution in [3.05, 3.63) is 63.5 Å². The number of nitrogens with zero attached hydrogens (tertiary/aromatic N) is 2. The van der Waals surface area contributed by atoms with E-state index in [1.54, 1.807) is 6.92 Å². The number of nitro benzene ring substituents is 1. The number of rotatable bonds is 3. The van der Waals surface area contributed by atoms with Gasteiger partial charge < -0.3 is 4.74 Å². The van der Waals surface area contributed by atoms with E-state index in [-0.39, 0.29) is 17.0 Å². The van der Waals surface area contributed by atoms with Crippen LogP contribution in [0.25, 0.3) is 0 Å². The Hall–Kier alpha value is -2.94. The van der Waals surface area contributed by atoms with E-state index in [2.05, 4.69) is 0 Å². The highest BCUT2D eigenvalue weighted by Gasteiger charge is 2.10. The van der Waals surface area contributed by atoms with Gasteiger partial charge in [0.1, 0.15) is 17.3 Å². The molecule has 0 aliphatic rings. The van der Waals surface area contributed by atoms with Gasteiger partial charge in [-0.1, -0.05) is 0 Å². The third-order valence-electron chi connectivity index (χ3n) is 2.60. The number of non-ortho nitro benzene ring substituents is 1. The molecule has 0 atom stereocenters. The van der Waals surface area contributed by atoms with Crippen molar-refractivity contribution in [2.75, 3.05) is 0 Å². The summed E-state index contributed by atoms with van der Waals surface area (Å²) < 4.78 is 18.7. The summed E-state index contributed by atoms with van der Waals surface area (Å²) in [5, 5.41) is 19.4. The predicted molar refractivity (Wildman–Crippen MR) is 69.0 cm³/mol. The summed E-state index contributed by atoms with van der Waals surface area (Å²) in [6.45, 7) is 1.65. The second-order valence-electron chi connectivity index (χ2n) is 4.10. The predicted octanol–water partition coefficient (Wildman–Crippen LogP) is 3.71. The molecule has 0 spiro atoms. The number of ether oxygens (including phenoxy) is 1. The molecule has 6 heteroatoms. The van der Waals surface area contributed by atoms with Gasteiger partial charge in [-0.2, -0.15) is 5.26 Å². The Morgan fingerprint density at radius 1 is 1.30 bits per heavy atom. The summed E-state index contributed by atoms with van der Waals surface area (Å²) in [5.74, 6) is -0.0535. The minimum atomic E-state index is -0.585. The zero-order valence-corrected chi connectivity index (χ0v) is 10.5. The van der Waals surface area contributed by atoms with Crippen LogP contribution in [0, 0.1) is 34.2 Å². The monoisotopic (exact) mass is 272 g/mol. The molecule has 2 rings (SSSR count). The fourth-order valence-corrected chi connectivity index (χ4v) is 1.67. The SMILES string of the molecule is Cc1cc([N+](=O)[O-])ccc1Oc1cc(F)cc(C#N)c1. The van der Waals surface area contributed by atoms with Gasteiger partial charge in [-0.25, -0.2) is 4.39 Å². The molecule has 0 saturated carbocycles.